The Balaban J connectivity index is 1.63. The number of hydrogen-bond donors (Lipinski definition) is 1. The number of rotatable bonds is 8. The van der Waals surface area contributed by atoms with Gasteiger partial charge < -0.3 is 10.2 Å². The maximum Gasteiger partial charge on any atom is 0.222 e. The molecule has 2 amide bonds. The van der Waals surface area contributed by atoms with Crippen LogP contribution in [0.15, 0.2) is 0 Å². The van der Waals surface area contributed by atoms with Crippen molar-refractivity contribution in [3.8, 4) is 0 Å². The normalized spacial score (nSPS) is 22.8. The predicted molar refractivity (Wildman–Crippen MR) is 96.5 cm³/mol. The van der Waals surface area contributed by atoms with Crippen molar-refractivity contribution in [1.29, 1.82) is 0 Å². The number of nitrogens with zero attached hydrogens (tertiary/aromatic N) is 2. The largest absolute Gasteiger partial charge is 0.356 e. The van der Waals surface area contributed by atoms with E-state index in [1.807, 2.05) is 4.90 Å². The standard InChI is InChI=1S/C17H31N3O4S/c1-25(23,24)20-14-5-2-7-15(20)10-11-18-16(21)8-6-13-19-12-4-3-9-17(19)22/h15H,2-14H2,1H3,(H,18,21). The molecule has 144 valence electrons. The van der Waals surface area contributed by atoms with Gasteiger partial charge >= 0.3 is 0 Å². The number of likely N-dealkylation sites (tertiary alicyclic amines) is 1. The fraction of sp³-hybridized carbons (Fsp3) is 0.882. The molecule has 2 saturated heterocycles. The summed E-state index contributed by atoms with van der Waals surface area (Å²) >= 11 is 0. The second-order valence-corrected chi connectivity index (χ2v) is 9.04. The third-order valence-electron chi connectivity index (χ3n) is 5.05. The Labute approximate surface area is 151 Å². The summed E-state index contributed by atoms with van der Waals surface area (Å²) in [6.07, 6.45) is 8.46. The first-order chi connectivity index (χ1) is 11.9. The molecule has 2 aliphatic rings. The topological polar surface area (TPSA) is 86.8 Å². The van der Waals surface area contributed by atoms with Crippen LogP contribution in [-0.4, -0.2) is 67.9 Å². The smallest absolute Gasteiger partial charge is 0.222 e. The maximum atomic E-state index is 11.9. The summed E-state index contributed by atoms with van der Waals surface area (Å²) in [5.41, 5.74) is 0. The van der Waals surface area contributed by atoms with Crippen LogP contribution in [0.5, 0.6) is 0 Å². The van der Waals surface area contributed by atoms with Crippen molar-refractivity contribution in [3.05, 3.63) is 0 Å². The molecule has 1 unspecified atom stereocenters. The van der Waals surface area contributed by atoms with Gasteiger partial charge in [0.15, 0.2) is 0 Å². The minimum atomic E-state index is -3.17. The van der Waals surface area contributed by atoms with E-state index in [1.165, 1.54) is 6.26 Å². The van der Waals surface area contributed by atoms with Gasteiger partial charge in [-0.3, -0.25) is 9.59 Å². The molecular formula is C17H31N3O4S. The van der Waals surface area contributed by atoms with E-state index in [0.29, 0.717) is 45.3 Å². The Bertz CT molecular complexity index is 564. The van der Waals surface area contributed by atoms with Gasteiger partial charge in [0.25, 0.3) is 0 Å². The van der Waals surface area contributed by atoms with E-state index in [-0.39, 0.29) is 17.9 Å². The third kappa shape index (κ3) is 6.58. The molecule has 2 aliphatic heterocycles. The molecule has 2 rings (SSSR count). The van der Waals surface area contributed by atoms with Crippen LogP contribution >= 0.6 is 0 Å². The average Bonchev–Trinajstić information content (AvgIpc) is 2.56. The zero-order chi connectivity index (χ0) is 18.3. The second kappa shape index (κ2) is 9.52. The van der Waals surface area contributed by atoms with Crippen LogP contribution in [0.25, 0.3) is 0 Å². The van der Waals surface area contributed by atoms with Gasteiger partial charge in [-0.25, -0.2) is 8.42 Å². The number of nitrogens with one attached hydrogen (secondary N) is 1. The van der Waals surface area contributed by atoms with Crippen LogP contribution in [0.3, 0.4) is 0 Å². The minimum absolute atomic E-state index is 0.00461. The first-order valence-corrected chi connectivity index (χ1v) is 11.2. The van der Waals surface area contributed by atoms with E-state index in [0.717, 1.165) is 38.6 Å². The number of sulfonamides is 1. The molecule has 0 bridgehead atoms. The SMILES string of the molecule is CS(=O)(=O)N1CCCCC1CCNC(=O)CCCN1CCCCC1=O. The van der Waals surface area contributed by atoms with Crippen molar-refractivity contribution in [2.45, 2.75) is 63.8 Å². The molecule has 25 heavy (non-hydrogen) atoms. The molecule has 0 aromatic heterocycles. The van der Waals surface area contributed by atoms with Crippen molar-refractivity contribution in [2.24, 2.45) is 0 Å². The summed E-state index contributed by atoms with van der Waals surface area (Å²) in [7, 11) is -3.17. The molecule has 8 heteroatoms. The minimum Gasteiger partial charge on any atom is -0.356 e. The summed E-state index contributed by atoms with van der Waals surface area (Å²) in [6, 6.07) is -0.00461. The lowest BCUT2D eigenvalue weighted by molar-refractivity contribution is -0.133. The Kier molecular flexibility index (Phi) is 7.68. The van der Waals surface area contributed by atoms with Gasteiger partial charge in [-0.05, 0) is 38.5 Å². The lowest BCUT2D eigenvalue weighted by atomic mass is 10.0. The van der Waals surface area contributed by atoms with Gasteiger partial charge in [0, 0.05) is 45.1 Å². The molecule has 0 aliphatic carbocycles. The molecule has 2 heterocycles. The monoisotopic (exact) mass is 373 g/mol. The van der Waals surface area contributed by atoms with Crippen LogP contribution in [0.4, 0.5) is 0 Å². The third-order valence-corrected chi connectivity index (χ3v) is 6.38. The van der Waals surface area contributed by atoms with E-state index < -0.39 is 10.0 Å². The van der Waals surface area contributed by atoms with Crippen LogP contribution in [0.1, 0.15) is 57.8 Å². The molecule has 0 aromatic rings. The lowest BCUT2D eigenvalue weighted by Gasteiger charge is -2.33. The highest BCUT2D eigenvalue weighted by Gasteiger charge is 2.28. The summed E-state index contributed by atoms with van der Waals surface area (Å²) in [4.78, 5) is 25.5. The van der Waals surface area contributed by atoms with Crippen molar-refractivity contribution in [1.82, 2.24) is 14.5 Å². The fourth-order valence-electron chi connectivity index (χ4n) is 3.69. The molecule has 0 aromatic carbocycles. The maximum absolute atomic E-state index is 11.9. The van der Waals surface area contributed by atoms with Crippen molar-refractivity contribution in [2.75, 3.05) is 32.4 Å². The number of hydrogen-bond acceptors (Lipinski definition) is 4. The van der Waals surface area contributed by atoms with Gasteiger partial charge in [0.05, 0.1) is 6.26 Å². The highest BCUT2D eigenvalue weighted by Crippen LogP contribution is 2.21. The molecule has 0 radical (unpaired) electrons. The van der Waals surface area contributed by atoms with E-state index in [9.17, 15) is 18.0 Å². The van der Waals surface area contributed by atoms with Crippen molar-refractivity contribution in [3.63, 3.8) is 0 Å². The lowest BCUT2D eigenvalue weighted by Crippen LogP contribution is -2.44. The van der Waals surface area contributed by atoms with Crippen molar-refractivity contribution >= 4 is 21.8 Å². The Hall–Kier alpha value is -1.15. The molecule has 2 fully saturated rings. The molecule has 0 saturated carbocycles. The number of carbonyl (C=O) groups excluding carboxylic acids is 2. The number of carbonyl (C=O) groups is 2. The van der Waals surface area contributed by atoms with Gasteiger partial charge in [-0.15, -0.1) is 0 Å². The highest BCUT2D eigenvalue weighted by atomic mass is 32.2. The quantitative estimate of drug-likeness (QED) is 0.690. The van der Waals surface area contributed by atoms with E-state index in [1.54, 1.807) is 4.31 Å². The highest BCUT2D eigenvalue weighted by molar-refractivity contribution is 7.88. The van der Waals surface area contributed by atoms with E-state index in [4.69, 9.17) is 0 Å². The summed E-state index contributed by atoms with van der Waals surface area (Å²) in [5, 5.41) is 2.89. The molecule has 1 N–H and O–H groups in total. The predicted octanol–water partition coefficient (Wildman–Crippen LogP) is 1.10. The Morgan fingerprint density at radius 1 is 1.20 bits per heavy atom. The first kappa shape index (κ1) is 20.2. The van der Waals surface area contributed by atoms with E-state index >= 15 is 0 Å². The summed E-state index contributed by atoms with van der Waals surface area (Å²) in [5.74, 6) is 0.177. The van der Waals surface area contributed by atoms with Gasteiger partial charge in [-0.1, -0.05) is 6.42 Å². The molecular weight excluding hydrogens is 342 g/mol. The van der Waals surface area contributed by atoms with Gasteiger partial charge in [0.1, 0.15) is 0 Å². The van der Waals surface area contributed by atoms with Crippen molar-refractivity contribution < 1.29 is 18.0 Å². The molecule has 7 nitrogen and oxygen atoms in total. The number of amides is 2. The zero-order valence-corrected chi connectivity index (χ0v) is 16.0. The van der Waals surface area contributed by atoms with Gasteiger partial charge in [-0.2, -0.15) is 4.31 Å². The fourth-order valence-corrected chi connectivity index (χ4v) is 4.91. The van der Waals surface area contributed by atoms with Gasteiger partial charge in [0.2, 0.25) is 21.8 Å². The van der Waals surface area contributed by atoms with Crippen LogP contribution in [0.2, 0.25) is 0 Å². The van der Waals surface area contributed by atoms with E-state index in [2.05, 4.69) is 5.32 Å². The first-order valence-electron chi connectivity index (χ1n) is 9.39. The van der Waals surface area contributed by atoms with Crippen LogP contribution in [0, 0.1) is 0 Å². The Morgan fingerprint density at radius 3 is 2.68 bits per heavy atom. The van der Waals surface area contributed by atoms with Crippen LogP contribution < -0.4 is 5.32 Å². The Morgan fingerprint density at radius 2 is 1.96 bits per heavy atom. The zero-order valence-electron chi connectivity index (χ0n) is 15.2. The number of piperidine rings is 2. The summed E-state index contributed by atoms with van der Waals surface area (Å²) in [6.45, 7) is 2.54. The second-order valence-electron chi connectivity index (χ2n) is 7.10. The average molecular weight is 374 g/mol. The summed E-state index contributed by atoms with van der Waals surface area (Å²) < 4.78 is 25.2. The molecule has 1 atom stereocenters. The molecule has 0 spiro atoms. The van der Waals surface area contributed by atoms with Crippen LogP contribution in [-0.2, 0) is 19.6 Å².